The summed E-state index contributed by atoms with van der Waals surface area (Å²) in [6, 6.07) is 5.08. The molecular weight excluding hydrogens is 335 g/mol. The molecule has 1 fully saturated rings. The summed E-state index contributed by atoms with van der Waals surface area (Å²) < 4.78 is 5.64. The highest BCUT2D eigenvalue weighted by atomic mass is 35.5. The van der Waals surface area contributed by atoms with E-state index in [0.717, 1.165) is 19.4 Å². The van der Waals surface area contributed by atoms with Crippen molar-refractivity contribution >= 4 is 41.5 Å². The van der Waals surface area contributed by atoms with Crippen LogP contribution in [0.25, 0.3) is 0 Å². The predicted octanol–water partition coefficient (Wildman–Crippen LogP) is 3.13. The molecule has 1 amide bonds. The van der Waals surface area contributed by atoms with Crippen molar-refractivity contribution in [3.63, 3.8) is 0 Å². The number of nitrogens with zero attached hydrogens (tertiary/aromatic N) is 1. The van der Waals surface area contributed by atoms with Gasteiger partial charge in [0, 0.05) is 25.2 Å². The lowest BCUT2D eigenvalue weighted by Crippen LogP contribution is -2.45. The van der Waals surface area contributed by atoms with Crippen LogP contribution >= 0.6 is 35.6 Å². The predicted molar refractivity (Wildman–Crippen MR) is 87.6 cm³/mol. The van der Waals surface area contributed by atoms with Crippen LogP contribution in [0.1, 0.15) is 19.8 Å². The fourth-order valence-electron chi connectivity index (χ4n) is 2.41. The lowest BCUT2D eigenvalue weighted by Gasteiger charge is -2.26. The van der Waals surface area contributed by atoms with Gasteiger partial charge in [0.2, 0.25) is 0 Å². The molecule has 0 saturated carbocycles. The normalized spacial score (nSPS) is 19.0. The number of rotatable bonds is 4. The molecule has 1 aliphatic rings. The Hall–Kier alpha value is -0.680. The number of carbonyl (C=O) groups is 1. The summed E-state index contributed by atoms with van der Waals surface area (Å²) in [7, 11) is 0. The molecule has 7 heteroatoms. The average molecular weight is 354 g/mol. The van der Waals surface area contributed by atoms with Gasteiger partial charge in [0.25, 0.3) is 5.91 Å². The van der Waals surface area contributed by atoms with Crippen LogP contribution in [0.15, 0.2) is 18.2 Å². The van der Waals surface area contributed by atoms with E-state index in [1.54, 1.807) is 25.1 Å². The molecule has 2 unspecified atom stereocenters. The number of hydrogen-bond acceptors (Lipinski definition) is 3. The zero-order valence-corrected chi connectivity index (χ0v) is 14.0. The summed E-state index contributed by atoms with van der Waals surface area (Å²) in [6.45, 7) is 2.97. The minimum atomic E-state index is -0.570. The number of amides is 1. The molecule has 4 nitrogen and oxygen atoms in total. The highest BCUT2D eigenvalue weighted by Gasteiger charge is 2.31. The molecule has 1 aliphatic heterocycles. The minimum absolute atomic E-state index is 0. The van der Waals surface area contributed by atoms with Gasteiger partial charge in [-0.15, -0.1) is 12.4 Å². The van der Waals surface area contributed by atoms with Crippen LogP contribution in [-0.4, -0.2) is 36.0 Å². The van der Waals surface area contributed by atoms with Crippen molar-refractivity contribution in [1.29, 1.82) is 0 Å². The molecule has 0 aromatic heterocycles. The van der Waals surface area contributed by atoms with Gasteiger partial charge in [-0.3, -0.25) is 4.79 Å². The van der Waals surface area contributed by atoms with Crippen molar-refractivity contribution in [2.75, 3.05) is 13.1 Å². The third kappa shape index (κ3) is 4.39. The minimum Gasteiger partial charge on any atom is -0.481 e. The van der Waals surface area contributed by atoms with Crippen LogP contribution in [0.5, 0.6) is 5.75 Å². The molecule has 1 heterocycles. The zero-order valence-electron chi connectivity index (χ0n) is 11.7. The Morgan fingerprint density at radius 1 is 1.48 bits per heavy atom. The molecule has 0 bridgehead atoms. The van der Waals surface area contributed by atoms with Crippen LogP contribution in [-0.2, 0) is 4.79 Å². The Labute approximate surface area is 140 Å². The summed E-state index contributed by atoms with van der Waals surface area (Å²) in [5.41, 5.74) is 5.68. The van der Waals surface area contributed by atoms with E-state index < -0.39 is 6.10 Å². The molecule has 0 radical (unpaired) electrons. The van der Waals surface area contributed by atoms with E-state index in [9.17, 15) is 4.79 Å². The number of halogens is 3. The Kier molecular flexibility index (Phi) is 7.07. The van der Waals surface area contributed by atoms with Crippen molar-refractivity contribution in [2.24, 2.45) is 5.73 Å². The maximum absolute atomic E-state index is 12.4. The number of hydrogen-bond donors (Lipinski definition) is 1. The number of nitrogens with two attached hydrogens (primary N) is 1. The first-order chi connectivity index (χ1) is 9.52. The zero-order chi connectivity index (χ0) is 14.7. The Balaban J connectivity index is 0.00000220. The van der Waals surface area contributed by atoms with Crippen molar-refractivity contribution in [3.8, 4) is 5.75 Å². The fraction of sp³-hybridized carbons (Fsp3) is 0.500. The van der Waals surface area contributed by atoms with Gasteiger partial charge in [-0.05, 0) is 31.9 Å². The quantitative estimate of drug-likeness (QED) is 0.905. The Morgan fingerprint density at radius 3 is 2.81 bits per heavy atom. The topological polar surface area (TPSA) is 55.6 Å². The summed E-state index contributed by atoms with van der Waals surface area (Å²) in [5.74, 6) is 0.493. The van der Waals surface area contributed by atoms with Crippen LogP contribution < -0.4 is 10.5 Å². The maximum atomic E-state index is 12.4. The lowest BCUT2D eigenvalue weighted by atomic mass is 10.2. The molecule has 21 heavy (non-hydrogen) atoms. The molecule has 1 aromatic rings. The smallest absolute Gasteiger partial charge is 0.263 e. The van der Waals surface area contributed by atoms with Gasteiger partial charge in [0.15, 0.2) is 6.10 Å². The van der Waals surface area contributed by atoms with Crippen molar-refractivity contribution < 1.29 is 9.53 Å². The van der Waals surface area contributed by atoms with Crippen LogP contribution in [0, 0.1) is 0 Å². The van der Waals surface area contributed by atoms with Crippen LogP contribution in [0.2, 0.25) is 10.0 Å². The third-order valence-electron chi connectivity index (χ3n) is 3.48. The van der Waals surface area contributed by atoms with E-state index in [-0.39, 0.29) is 24.4 Å². The maximum Gasteiger partial charge on any atom is 0.263 e. The first-order valence-corrected chi connectivity index (χ1v) is 7.40. The molecule has 1 aromatic carbocycles. The summed E-state index contributed by atoms with van der Waals surface area (Å²) in [5, 5.41) is 0.866. The second-order valence-electron chi connectivity index (χ2n) is 4.90. The Bertz CT molecular complexity index is 499. The molecular formula is C14H19Cl3N2O2. The van der Waals surface area contributed by atoms with Gasteiger partial charge in [-0.25, -0.2) is 0 Å². The number of likely N-dealkylation sites (tertiary alicyclic amines) is 1. The van der Waals surface area contributed by atoms with Crippen molar-refractivity contribution in [3.05, 3.63) is 28.2 Å². The van der Waals surface area contributed by atoms with Gasteiger partial charge < -0.3 is 15.4 Å². The van der Waals surface area contributed by atoms with E-state index in [1.807, 2.05) is 4.90 Å². The van der Waals surface area contributed by atoms with Crippen molar-refractivity contribution in [2.45, 2.75) is 31.9 Å². The molecule has 2 N–H and O–H groups in total. The summed E-state index contributed by atoms with van der Waals surface area (Å²) >= 11 is 11.8. The second kappa shape index (κ2) is 8.08. The third-order valence-corrected chi connectivity index (χ3v) is 4.22. The van der Waals surface area contributed by atoms with Gasteiger partial charge in [-0.2, -0.15) is 0 Å². The molecule has 1 saturated heterocycles. The van der Waals surface area contributed by atoms with E-state index in [0.29, 0.717) is 22.3 Å². The monoisotopic (exact) mass is 352 g/mol. The van der Waals surface area contributed by atoms with Crippen molar-refractivity contribution in [1.82, 2.24) is 4.90 Å². The van der Waals surface area contributed by atoms with Gasteiger partial charge in [-0.1, -0.05) is 23.2 Å². The highest BCUT2D eigenvalue weighted by molar-refractivity contribution is 6.42. The number of carbonyl (C=O) groups excluding carboxylic acids is 1. The van der Waals surface area contributed by atoms with E-state index >= 15 is 0 Å². The largest absolute Gasteiger partial charge is 0.481 e. The van der Waals surface area contributed by atoms with Crippen LogP contribution in [0.3, 0.4) is 0 Å². The number of benzene rings is 1. The summed E-state index contributed by atoms with van der Waals surface area (Å²) in [4.78, 5) is 14.2. The SMILES string of the molecule is CC(Oc1ccc(Cl)c(Cl)c1)C(=O)N1CCCC1CN.Cl. The molecule has 2 atom stereocenters. The van der Waals surface area contributed by atoms with Crippen LogP contribution in [0.4, 0.5) is 0 Å². The molecule has 0 aliphatic carbocycles. The fourth-order valence-corrected chi connectivity index (χ4v) is 2.70. The highest BCUT2D eigenvalue weighted by Crippen LogP contribution is 2.27. The van der Waals surface area contributed by atoms with Gasteiger partial charge >= 0.3 is 0 Å². The second-order valence-corrected chi connectivity index (χ2v) is 5.71. The molecule has 2 rings (SSSR count). The van der Waals surface area contributed by atoms with E-state index in [1.165, 1.54) is 0 Å². The molecule has 118 valence electrons. The first kappa shape index (κ1) is 18.4. The first-order valence-electron chi connectivity index (χ1n) is 6.65. The number of ether oxygens (including phenoxy) is 1. The van der Waals surface area contributed by atoms with Gasteiger partial charge in [0.05, 0.1) is 10.0 Å². The standard InChI is InChI=1S/C14H18Cl2N2O2.ClH/c1-9(14(19)18-6-2-3-10(18)8-17)20-11-4-5-12(15)13(16)7-11;/h4-5,7,9-10H,2-3,6,8,17H2,1H3;1H. The Morgan fingerprint density at radius 2 is 2.19 bits per heavy atom. The van der Waals surface area contributed by atoms with E-state index in [2.05, 4.69) is 0 Å². The molecule has 0 spiro atoms. The lowest BCUT2D eigenvalue weighted by molar-refractivity contribution is -0.138. The average Bonchev–Trinajstić information content (AvgIpc) is 2.90. The van der Waals surface area contributed by atoms with Gasteiger partial charge in [0.1, 0.15) is 5.75 Å². The summed E-state index contributed by atoms with van der Waals surface area (Å²) in [6.07, 6.45) is 1.38. The van der Waals surface area contributed by atoms with E-state index in [4.69, 9.17) is 33.7 Å².